The van der Waals surface area contributed by atoms with Gasteiger partial charge in [-0.2, -0.15) is 0 Å². The molecule has 0 bridgehead atoms. The van der Waals surface area contributed by atoms with Crippen LogP contribution in [0.1, 0.15) is 5.56 Å². The van der Waals surface area contributed by atoms with Gasteiger partial charge in [-0.25, -0.2) is 0 Å². The van der Waals surface area contributed by atoms with Crippen LogP contribution < -0.4 is 0 Å². The maximum Gasteiger partial charge on any atom is 0.277 e. The molecule has 14 heavy (non-hydrogen) atoms. The van der Waals surface area contributed by atoms with E-state index in [-0.39, 0.29) is 10.6 Å². The Morgan fingerprint density at radius 2 is 1.93 bits per heavy atom. The zero-order chi connectivity index (χ0) is 10.1. The summed E-state index contributed by atoms with van der Waals surface area (Å²) in [4.78, 5) is 10.4. The molecule has 2 aromatic rings. The van der Waals surface area contributed by atoms with E-state index in [1.807, 2.05) is 31.2 Å². The Kier molecular flexibility index (Phi) is 1.93. The van der Waals surface area contributed by atoms with Crippen LogP contribution in [-0.2, 0) is 0 Å². The molecule has 70 valence electrons. The summed E-state index contributed by atoms with van der Waals surface area (Å²) in [5.74, 6) is 0. The number of fused-ring (bicyclic) bond motifs is 1. The van der Waals surface area contributed by atoms with E-state index in [0.717, 1.165) is 10.9 Å². The van der Waals surface area contributed by atoms with Crippen LogP contribution in [0.15, 0.2) is 36.4 Å². The van der Waals surface area contributed by atoms with Gasteiger partial charge in [-0.15, -0.1) is 0 Å². The number of nitro benzene ring substituents is 1. The topological polar surface area (TPSA) is 43.1 Å². The van der Waals surface area contributed by atoms with Crippen LogP contribution in [0.25, 0.3) is 10.8 Å². The third kappa shape index (κ3) is 1.33. The third-order valence-corrected chi connectivity index (χ3v) is 2.18. The summed E-state index contributed by atoms with van der Waals surface area (Å²) in [6, 6.07) is 10.9. The molecule has 0 atom stereocenters. The standard InChI is InChI=1S/C11H9NO2/c1-8-6-9-4-2-3-5-10(9)11(7-8)12(13)14/h2-7H,1H3. The molecule has 0 spiro atoms. The third-order valence-electron chi connectivity index (χ3n) is 2.18. The highest BCUT2D eigenvalue weighted by Gasteiger charge is 2.11. The lowest BCUT2D eigenvalue weighted by Gasteiger charge is -2.00. The van der Waals surface area contributed by atoms with Crippen molar-refractivity contribution in [1.82, 2.24) is 0 Å². The first-order valence-electron chi connectivity index (χ1n) is 4.32. The van der Waals surface area contributed by atoms with Gasteiger partial charge in [-0.1, -0.05) is 24.3 Å². The maximum absolute atomic E-state index is 10.8. The fourth-order valence-electron chi connectivity index (χ4n) is 1.59. The number of non-ortho nitro benzene ring substituents is 1. The van der Waals surface area contributed by atoms with Gasteiger partial charge in [-0.3, -0.25) is 10.1 Å². The van der Waals surface area contributed by atoms with Gasteiger partial charge in [-0.05, 0) is 23.9 Å². The molecule has 0 unspecified atom stereocenters. The van der Waals surface area contributed by atoms with Crippen molar-refractivity contribution in [2.75, 3.05) is 0 Å². The highest BCUT2D eigenvalue weighted by atomic mass is 16.6. The quantitative estimate of drug-likeness (QED) is 0.508. The first kappa shape index (κ1) is 8.69. The molecule has 0 fully saturated rings. The number of hydrogen-bond donors (Lipinski definition) is 0. The van der Waals surface area contributed by atoms with E-state index < -0.39 is 0 Å². The summed E-state index contributed by atoms with van der Waals surface area (Å²) < 4.78 is 0. The normalized spacial score (nSPS) is 10.4. The van der Waals surface area contributed by atoms with Crippen molar-refractivity contribution >= 4 is 16.5 Å². The minimum atomic E-state index is -0.338. The number of hydrogen-bond acceptors (Lipinski definition) is 2. The van der Waals surface area contributed by atoms with E-state index in [4.69, 9.17) is 0 Å². The van der Waals surface area contributed by atoms with E-state index in [1.54, 1.807) is 12.1 Å². The van der Waals surface area contributed by atoms with E-state index in [0.29, 0.717) is 5.39 Å². The zero-order valence-electron chi connectivity index (χ0n) is 7.73. The van der Waals surface area contributed by atoms with Crippen molar-refractivity contribution < 1.29 is 4.92 Å². The van der Waals surface area contributed by atoms with Crippen LogP contribution in [0, 0.1) is 17.0 Å². The average Bonchev–Trinajstić information content (AvgIpc) is 2.16. The van der Waals surface area contributed by atoms with Crippen molar-refractivity contribution in [3.05, 3.63) is 52.1 Å². The summed E-state index contributed by atoms with van der Waals surface area (Å²) in [6.07, 6.45) is 0. The molecular formula is C11H9NO2. The number of nitro groups is 1. The van der Waals surface area contributed by atoms with Crippen LogP contribution in [-0.4, -0.2) is 4.92 Å². The van der Waals surface area contributed by atoms with Crippen molar-refractivity contribution in [3.63, 3.8) is 0 Å². The van der Waals surface area contributed by atoms with Gasteiger partial charge in [0.25, 0.3) is 5.69 Å². The summed E-state index contributed by atoms with van der Waals surface area (Å²) in [5.41, 5.74) is 1.09. The molecule has 0 aromatic heterocycles. The van der Waals surface area contributed by atoms with Gasteiger partial charge in [0.15, 0.2) is 0 Å². The van der Waals surface area contributed by atoms with Crippen molar-refractivity contribution in [3.8, 4) is 0 Å². The summed E-state index contributed by atoms with van der Waals surface area (Å²) >= 11 is 0. The second kappa shape index (κ2) is 3.10. The number of nitrogens with zero attached hydrogens (tertiary/aromatic N) is 1. The summed E-state index contributed by atoms with van der Waals surface area (Å²) in [7, 11) is 0. The largest absolute Gasteiger partial charge is 0.277 e. The van der Waals surface area contributed by atoms with E-state index in [9.17, 15) is 10.1 Å². The molecule has 3 nitrogen and oxygen atoms in total. The zero-order valence-corrected chi connectivity index (χ0v) is 7.73. The molecule has 0 heterocycles. The Balaban J connectivity index is 2.87. The van der Waals surface area contributed by atoms with Crippen LogP contribution in [0.4, 0.5) is 5.69 Å². The lowest BCUT2D eigenvalue weighted by Crippen LogP contribution is -1.90. The second-order valence-corrected chi connectivity index (χ2v) is 3.26. The molecule has 0 N–H and O–H groups in total. The molecule has 0 aliphatic heterocycles. The van der Waals surface area contributed by atoms with Crippen molar-refractivity contribution in [2.45, 2.75) is 6.92 Å². The smallest absolute Gasteiger partial charge is 0.258 e. The molecule has 0 saturated carbocycles. The predicted octanol–water partition coefficient (Wildman–Crippen LogP) is 3.06. The second-order valence-electron chi connectivity index (χ2n) is 3.26. The van der Waals surface area contributed by atoms with Gasteiger partial charge < -0.3 is 0 Å². The Bertz CT molecular complexity index is 506. The molecular weight excluding hydrogens is 178 g/mol. The van der Waals surface area contributed by atoms with E-state index >= 15 is 0 Å². The molecule has 2 rings (SSSR count). The molecule has 0 aliphatic rings. The molecule has 0 saturated heterocycles. The summed E-state index contributed by atoms with van der Waals surface area (Å²) in [5, 5.41) is 12.4. The Labute approximate surface area is 81.1 Å². The van der Waals surface area contributed by atoms with Gasteiger partial charge >= 0.3 is 0 Å². The van der Waals surface area contributed by atoms with Gasteiger partial charge in [0.2, 0.25) is 0 Å². The minimum Gasteiger partial charge on any atom is -0.258 e. The van der Waals surface area contributed by atoms with E-state index in [1.165, 1.54) is 0 Å². The Morgan fingerprint density at radius 3 is 2.64 bits per heavy atom. The fourth-order valence-corrected chi connectivity index (χ4v) is 1.59. The number of rotatable bonds is 1. The Hall–Kier alpha value is -1.90. The average molecular weight is 187 g/mol. The fraction of sp³-hybridized carbons (Fsp3) is 0.0909. The van der Waals surface area contributed by atoms with Crippen molar-refractivity contribution in [2.24, 2.45) is 0 Å². The Morgan fingerprint density at radius 1 is 1.21 bits per heavy atom. The van der Waals surface area contributed by atoms with Crippen LogP contribution in [0.3, 0.4) is 0 Å². The predicted molar refractivity (Wildman–Crippen MR) is 55.3 cm³/mol. The van der Waals surface area contributed by atoms with Crippen LogP contribution in [0.2, 0.25) is 0 Å². The first-order valence-corrected chi connectivity index (χ1v) is 4.32. The molecule has 2 aromatic carbocycles. The first-order chi connectivity index (χ1) is 6.68. The number of aryl methyl sites for hydroxylation is 1. The van der Waals surface area contributed by atoms with E-state index in [2.05, 4.69) is 0 Å². The SMILES string of the molecule is Cc1cc([N+](=O)[O-])c2ccccc2c1. The van der Waals surface area contributed by atoms with Gasteiger partial charge in [0.1, 0.15) is 0 Å². The van der Waals surface area contributed by atoms with Crippen LogP contribution in [0.5, 0.6) is 0 Å². The minimum absolute atomic E-state index is 0.181. The molecule has 0 aliphatic carbocycles. The maximum atomic E-state index is 10.8. The van der Waals surface area contributed by atoms with Gasteiger partial charge in [0.05, 0.1) is 10.3 Å². The highest BCUT2D eigenvalue weighted by molar-refractivity contribution is 5.91. The monoisotopic (exact) mass is 187 g/mol. The van der Waals surface area contributed by atoms with Crippen LogP contribution >= 0.6 is 0 Å². The summed E-state index contributed by atoms with van der Waals surface area (Å²) in [6.45, 7) is 1.86. The van der Waals surface area contributed by atoms with Crippen molar-refractivity contribution in [1.29, 1.82) is 0 Å². The molecule has 0 amide bonds. The molecule has 3 heteroatoms. The highest BCUT2D eigenvalue weighted by Crippen LogP contribution is 2.26. The molecule has 0 radical (unpaired) electrons. The number of benzene rings is 2. The van der Waals surface area contributed by atoms with Gasteiger partial charge in [0, 0.05) is 6.07 Å². The lowest BCUT2D eigenvalue weighted by molar-refractivity contribution is -0.383. The lowest BCUT2D eigenvalue weighted by atomic mass is 10.1.